The molecule has 1 heterocycles. The van der Waals surface area contributed by atoms with Crippen molar-refractivity contribution in [3.63, 3.8) is 0 Å². The standard InChI is InChI=1S/C12H11BrF2N4S/c1-5-10(11(16)20)12(19(2)18-5)17-9-3-6(13)7(14)4-8(9)15/h3-4,17H,1-2H3,(H2,16,20). The number of halogens is 3. The fourth-order valence-electron chi connectivity index (χ4n) is 1.84. The monoisotopic (exact) mass is 360 g/mol. The highest BCUT2D eigenvalue weighted by Crippen LogP contribution is 2.28. The molecule has 0 unspecified atom stereocenters. The molecule has 0 spiro atoms. The van der Waals surface area contributed by atoms with Crippen molar-refractivity contribution < 1.29 is 8.78 Å². The van der Waals surface area contributed by atoms with Gasteiger partial charge in [0.05, 0.1) is 21.4 Å². The number of nitrogens with one attached hydrogen (secondary N) is 1. The first-order chi connectivity index (χ1) is 9.31. The zero-order chi connectivity index (χ0) is 15.0. The van der Waals surface area contributed by atoms with Crippen LogP contribution in [-0.2, 0) is 7.05 Å². The van der Waals surface area contributed by atoms with Gasteiger partial charge in [-0.1, -0.05) is 12.2 Å². The Labute approximate surface area is 128 Å². The second kappa shape index (κ2) is 5.45. The van der Waals surface area contributed by atoms with E-state index >= 15 is 0 Å². The molecule has 1 aromatic carbocycles. The van der Waals surface area contributed by atoms with Gasteiger partial charge in [0, 0.05) is 13.1 Å². The molecule has 3 N–H and O–H groups in total. The lowest BCUT2D eigenvalue weighted by Gasteiger charge is -2.11. The molecule has 0 radical (unpaired) electrons. The highest BCUT2D eigenvalue weighted by molar-refractivity contribution is 9.10. The Morgan fingerprint density at radius 2 is 2.05 bits per heavy atom. The molecule has 0 saturated carbocycles. The van der Waals surface area contributed by atoms with Crippen molar-refractivity contribution in [2.75, 3.05) is 5.32 Å². The highest BCUT2D eigenvalue weighted by atomic mass is 79.9. The van der Waals surface area contributed by atoms with Gasteiger partial charge in [-0.05, 0) is 28.9 Å². The third kappa shape index (κ3) is 2.66. The summed E-state index contributed by atoms with van der Waals surface area (Å²) < 4.78 is 28.6. The van der Waals surface area contributed by atoms with Gasteiger partial charge in [0.25, 0.3) is 0 Å². The average molecular weight is 361 g/mol. The third-order valence-corrected chi connectivity index (χ3v) is 3.54. The van der Waals surface area contributed by atoms with E-state index in [0.29, 0.717) is 17.1 Å². The van der Waals surface area contributed by atoms with Gasteiger partial charge >= 0.3 is 0 Å². The second-order valence-electron chi connectivity index (χ2n) is 4.17. The van der Waals surface area contributed by atoms with Gasteiger partial charge in [-0.2, -0.15) is 5.10 Å². The van der Waals surface area contributed by atoms with Crippen molar-refractivity contribution in [3.8, 4) is 0 Å². The fraction of sp³-hybridized carbons (Fsp3) is 0.167. The van der Waals surface area contributed by atoms with Crippen LogP contribution in [0.3, 0.4) is 0 Å². The maximum atomic E-state index is 13.8. The minimum absolute atomic E-state index is 0.0961. The smallest absolute Gasteiger partial charge is 0.149 e. The molecule has 1 aromatic heterocycles. The summed E-state index contributed by atoms with van der Waals surface area (Å²) >= 11 is 7.98. The molecule has 0 amide bonds. The lowest BCUT2D eigenvalue weighted by molar-refractivity contribution is 0.581. The van der Waals surface area contributed by atoms with Gasteiger partial charge in [0.1, 0.15) is 22.4 Å². The fourth-order valence-corrected chi connectivity index (χ4v) is 2.43. The summed E-state index contributed by atoms with van der Waals surface area (Å²) in [6, 6.07) is 2.09. The largest absolute Gasteiger partial charge is 0.389 e. The van der Waals surface area contributed by atoms with Gasteiger partial charge in [-0.3, -0.25) is 4.68 Å². The van der Waals surface area contributed by atoms with E-state index < -0.39 is 11.6 Å². The zero-order valence-corrected chi connectivity index (χ0v) is 13.1. The molecule has 0 bridgehead atoms. The third-order valence-electron chi connectivity index (χ3n) is 2.73. The Morgan fingerprint density at radius 3 is 2.65 bits per heavy atom. The summed E-state index contributed by atoms with van der Waals surface area (Å²) in [6.45, 7) is 1.75. The molecular formula is C12H11BrF2N4S. The zero-order valence-electron chi connectivity index (χ0n) is 10.7. The van der Waals surface area contributed by atoms with E-state index in [-0.39, 0.29) is 15.1 Å². The molecule has 4 nitrogen and oxygen atoms in total. The molecule has 0 fully saturated rings. The number of rotatable bonds is 3. The van der Waals surface area contributed by atoms with Gasteiger partial charge < -0.3 is 11.1 Å². The Kier molecular flexibility index (Phi) is 4.05. The number of hydrogen-bond donors (Lipinski definition) is 2. The first-order valence-corrected chi connectivity index (χ1v) is 6.76. The summed E-state index contributed by atoms with van der Waals surface area (Å²) in [5.41, 5.74) is 6.90. The maximum Gasteiger partial charge on any atom is 0.149 e. The van der Waals surface area contributed by atoms with Crippen LogP contribution in [0.4, 0.5) is 20.3 Å². The van der Waals surface area contributed by atoms with Crippen LogP contribution in [0.25, 0.3) is 0 Å². The summed E-state index contributed by atoms with van der Waals surface area (Å²) in [7, 11) is 1.67. The molecule has 0 aliphatic rings. The Hall–Kier alpha value is -1.54. The number of nitrogens with two attached hydrogens (primary N) is 1. The quantitative estimate of drug-likeness (QED) is 0.652. The first-order valence-electron chi connectivity index (χ1n) is 5.56. The van der Waals surface area contributed by atoms with E-state index in [1.807, 2.05) is 0 Å². The maximum absolute atomic E-state index is 13.8. The summed E-state index contributed by atoms with van der Waals surface area (Å²) in [5, 5.41) is 7.02. The molecule has 0 aliphatic heterocycles. The number of thiocarbonyl (C=S) groups is 1. The normalized spacial score (nSPS) is 10.7. The van der Waals surface area contributed by atoms with E-state index in [1.165, 1.54) is 10.7 Å². The summed E-state index contributed by atoms with van der Waals surface area (Å²) in [6.07, 6.45) is 0. The predicted molar refractivity (Wildman–Crippen MR) is 81.2 cm³/mol. The number of benzene rings is 1. The minimum Gasteiger partial charge on any atom is -0.389 e. The molecule has 0 atom stereocenters. The van der Waals surface area contributed by atoms with Crippen molar-refractivity contribution in [1.29, 1.82) is 0 Å². The van der Waals surface area contributed by atoms with Gasteiger partial charge in [0.2, 0.25) is 0 Å². The van der Waals surface area contributed by atoms with E-state index in [4.69, 9.17) is 18.0 Å². The Bertz CT molecular complexity index is 699. The summed E-state index contributed by atoms with van der Waals surface area (Å²) in [5.74, 6) is -0.949. The number of aromatic nitrogens is 2. The topological polar surface area (TPSA) is 55.9 Å². The second-order valence-corrected chi connectivity index (χ2v) is 5.46. The minimum atomic E-state index is -0.724. The van der Waals surface area contributed by atoms with Crippen molar-refractivity contribution >= 4 is 44.6 Å². The van der Waals surface area contributed by atoms with Crippen LogP contribution in [0.5, 0.6) is 0 Å². The molecule has 2 aromatic rings. The molecular weight excluding hydrogens is 350 g/mol. The van der Waals surface area contributed by atoms with E-state index in [2.05, 4.69) is 26.3 Å². The van der Waals surface area contributed by atoms with Crippen LogP contribution in [-0.4, -0.2) is 14.8 Å². The Balaban J connectivity index is 2.50. The average Bonchev–Trinajstić information content (AvgIpc) is 2.61. The van der Waals surface area contributed by atoms with Crippen molar-refractivity contribution in [2.45, 2.75) is 6.92 Å². The van der Waals surface area contributed by atoms with Crippen molar-refractivity contribution in [2.24, 2.45) is 12.8 Å². The van der Waals surface area contributed by atoms with Crippen LogP contribution in [0.1, 0.15) is 11.3 Å². The molecule has 8 heteroatoms. The van der Waals surface area contributed by atoms with E-state index in [0.717, 1.165) is 6.07 Å². The van der Waals surface area contributed by atoms with Gasteiger partial charge in [0.15, 0.2) is 0 Å². The van der Waals surface area contributed by atoms with Crippen LogP contribution >= 0.6 is 28.1 Å². The molecule has 0 aliphatic carbocycles. The van der Waals surface area contributed by atoms with Crippen LogP contribution in [0.15, 0.2) is 16.6 Å². The highest BCUT2D eigenvalue weighted by Gasteiger charge is 2.17. The van der Waals surface area contributed by atoms with Gasteiger partial charge in [-0.15, -0.1) is 0 Å². The molecule has 2 rings (SSSR count). The number of anilines is 2. The first kappa shape index (κ1) is 14.9. The number of hydrogen-bond acceptors (Lipinski definition) is 3. The number of nitrogens with zero attached hydrogens (tertiary/aromatic N) is 2. The van der Waals surface area contributed by atoms with Crippen molar-refractivity contribution in [3.05, 3.63) is 39.5 Å². The number of aryl methyl sites for hydroxylation is 2. The SMILES string of the molecule is Cc1nn(C)c(Nc2cc(Br)c(F)cc2F)c1C(N)=S. The van der Waals surface area contributed by atoms with Crippen molar-refractivity contribution in [1.82, 2.24) is 9.78 Å². The molecule has 0 saturated heterocycles. The summed E-state index contributed by atoms with van der Waals surface area (Å²) in [4.78, 5) is 0.152. The molecule has 106 valence electrons. The lowest BCUT2D eigenvalue weighted by atomic mass is 10.2. The predicted octanol–water partition coefficient (Wildman–Crippen LogP) is 3.15. The Morgan fingerprint density at radius 1 is 1.40 bits per heavy atom. The van der Waals surface area contributed by atoms with Crippen LogP contribution in [0, 0.1) is 18.6 Å². The lowest BCUT2D eigenvalue weighted by Crippen LogP contribution is -2.13. The van der Waals surface area contributed by atoms with Gasteiger partial charge in [-0.25, -0.2) is 8.78 Å². The molecule has 20 heavy (non-hydrogen) atoms. The van der Waals surface area contributed by atoms with E-state index in [9.17, 15) is 8.78 Å². The van der Waals surface area contributed by atoms with E-state index in [1.54, 1.807) is 14.0 Å². The van der Waals surface area contributed by atoms with Crippen LogP contribution < -0.4 is 11.1 Å². The van der Waals surface area contributed by atoms with Crippen LogP contribution in [0.2, 0.25) is 0 Å².